The number of H-pyrrole nitrogens is 1. The molecule has 4 aromatic rings. The van der Waals surface area contributed by atoms with Gasteiger partial charge >= 0.3 is 0 Å². The fourth-order valence-electron chi connectivity index (χ4n) is 4.06. The number of fused-ring (bicyclic) bond motifs is 1. The minimum absolute atomic E-state index is 0.0420. The molecule has 0 unspecified atom stereocenters. The number of hydrogen-bond donors (Lipinski definition) is 1. The Morgan fingerprint density at radius 3 is 2.59 bits per heavy atom. The zero-order chi connectivity index (χ0) is 19.8. The third-order valence-electron chi connectivity index (χ3n) is 5.69. The van der Waals surface area contributed by atoms with E-state index in [-0.39, 0.29) is 5.91 Å². The summed E-state index contributed by atoms with van der Waals surface area (Å²) in [4.78, 5) is 18.4. The van der Waals surface area contributed by atoms with E-state index in [0.29, 0.717) is 16.5 Å². The monoisotopic (exact) mass is 404 g/mol. The van der Waals surface area contributed by atoms with Crippen molar-refractivity contribution in [2.75, 3.05) is 13.1 Å². The average Bonchev–Trinajstić information content (AvgIpc) is 3.41. The van der Waals surface area contributed by atoms with Gasteiger partial charge in [-0.05, 0) is 54.6 Å². The second-order valence-electron chi connectivity index (χ2n) is 7.53. The quantitative estimate of drug-likeness (QED) is 0.520. The number of piperidine rings is 1. The normalized spacial score (nSPS) is 15.1. The molecule has 1 fully saturated rings. The third-order valence-corrected chi connectivity index (χ3v) is 5.95. The number of aromatic amines is 1. The number of likely N-dealkylation sites (tertiary alicyclic amines) is 1. The summed E-state index contributed by atoms with van der Waals surface area (Å²) in [6.07, 6.45) is 5.35. The van der Waals surface area contributed by atoms with E-state index in [1.165, 1.54) is 16.6 Å². The number of aromatic nitrogens is 3. The van der Waals surface area contributed by atoms with Gasteiger partial charge in [-0.15, -0.1) is 0 Å². The van der Waals surface area contributed by atoms with Crippen LogP contribution in [0.1, 0.15) is 34.8 Å². The van der Waals surface area contributed by atoms with E-state index in [4.69, 9.17) is 11.6 Å². The predicted molar refractivity (Wildman–Crippen MR) is 115 cm³/mol. The summed E-state index contributed by atoms with van der Waals surface area (Å²) < 4.78 is 1.71. The summed E-state index contributed by atoms with van der Waals surface area (Å²) >= 11 is 5.94. The molecule has 2 aromatic carbocycles. The third kappa shape index (κ3) is 3.54. The van der Waals surface area contributed by atoms with Gasteiger partial charge in [-0.2, -0.15) is 5.10 Å². The summed E-state index contributed by atoms with van der Waals surface area (Å²) in [7, 11) is 0. The fourth-order valence-corrected chi connectivity index (χ4v) is 4.19. The second kappa shape index (κ2) is 7.41. The lowest BCUT2D eigenvalue weighted by Gasteiger charge is -2.31. The molecular formula is C23H21ClN4O. The van der Waals surface area contributed by atoms with Crippen LogP contribution >= 0.6 is 11.6 Å². The van der Waals surface area contributed by atoms with Gasteiger partial charge in [0.1, 0.15) is 0 Å². The van der Waals surface area contributed by atoms with Crippen molar-refractivity contribution in [2.45, 2.75) is 18.8 Å². The molecule has 0 aliphatic carbocycles. The molecule has 1 amide bonds. The number of benzene rings is 2. The van der Waals surface area contributed by atoms with E-state index in [2.05, 4.69) is 34.3 Å². The molecule has 29 heavy (non-hydrogen) atoms. The Balaban J connectivity index is 1.26. The molecule has 0 atom stereocenters. The first-order valence-corrected chi connectivity index (χ1v) is 10.2. The standard InChI is InChI=1S/C23H21ClN4O/c24-19-5-7-20(8-6-19)28-15-18(14-25-28)23(29)27-11-9-16(10-12-27)22-13-17-3-1-2-4-21(17)26-22/h1-8,13-16,26H,9-12H2. The van der Waals surface area contributed by atoms with E-state index in [1.807, 2.05) is 35.2 Å². The Morgan fingerprint density at radius 1 is 1.07 bits per heavy atom. The molecule has 1 N–H and O–H groups in total. The molecule has 1 saturated heterocycles. The number of para-hydroxylation sites is 1. The molecule has 0 spiro atoms. The minimum atomic E-state index is 0.0420. The van der Waals surface area contributed by atoms with Crippen LogP contribution in [0.2, 0.25) is 5.02 Å². The second-order valence-corrected chi connectivity index (χ2v) is 7.96. The highest BCUT2D eigenvalue weighted by Gasteiger charge is 2.26. The first-order valence-electron chi connectivity index (χ1n) is 9.85. The predicted octanol–water partition coefficient (Wildman–Crippen LogP) is 5.03. The van der Waals surface area contributed by atoms with Crippen molar-refractivity contribution in [3.63, 3.8) is 0 Å². The molecule has 2 aromatic heterocycles. The van der Waals surface area contributed by atoms with Crippen LogP contribution in [0.15, 0.2) is 67.0 Å². The molecule has 0 bridgehead atoms. The summed E-state index contributed by atoms with van der Waals surface area (Å²) in [6, 6.07) is 18.0. The molecule has 3 heterocycles. The highest BCUT2D eigenvalue weighted by atomic mass is 35.5. The van der Waals surface area contributed by atoms with Gasteiger partial charge in [0.05, 0.1) is 17.4 Å². The Bertz CT molecular complexity index is 1120. The summed E-state index contributed by atoms with van der Waals surface area (Å²) in [5.74, 6) is 0.503. The minimum Gasteiger partial charge on any atom is -0.358 e. The van der Waals surface area contributed by atoms with Gasteiger partial charge in [-0.25, -0.2) is 4.68 Å². The van der Waals surface area contributed by atoms with Crippen molar-refractivity contribution in [2.24, 2.45) is 0 Å². The van der Waals surface area contributed by atoms with Crippen molar-refractivity contribution in [1.82, 2.24) is 19.7 Å². The van der Waals surface area contributed by atoms with Crippen molar-refractivity contribution >= 4 is 28.4 Å². The number of hydrogen-bond acceptors (Lipinski definition) is 2. The lowest BCUT2D eigenvalue weighted by Crippen LogP contribution is -2.37. The molecule has 6 heteroatoms. The number of halogens is 1. The van der Waals surface area contributed by atoms with Crippen LogP contribution in [0.3, 0.4) is 0 Å². The topological polar surface area (TPSA) is 53.9 Å². The van der Waals surface area contributed by atoms with Crippen molar-refractivity contribution in [1.29, 1.82) is 0 Å². The van der Waals surface area contributed by atoms with Crippen molar-refractivity contribution < 1.29 is 4.79 Å². The lowest BCUT2D eigenvalue weighted by molar-refractivity contribution is 0.0712. The summed E-state index contributed by atoms with van der Waals surface area (Å²) in [5.41, 5.74) is 3.94. The first-order chi connectivity index (χ1) is 14.2. The summed E-state index contributed by atoms with van der Waals surface area (Å²) in [6.45, 7) is 1.51. The van der Waals surface area contributed by atoms with Gasteiger partial charge in [0.25, 0.3) is 5.91 Å². The maximum Gasteiger partial charge on any atom is 0.257 e. The molecule has 5 nitrogen and oxygen atoms in total. The van der Waals surface area contributed by atoms with E-state index in [1.54, 1.807) is 17.1 Å². The van der Waals surface area contributed by atoms with Gasteiger partial charge in [0.2, 0.25) is 0 Å². The molecule has 0 saturated carbocycles. The number of amides is 1. The van der Waals surface area contributed by atoms with Crippen LogP contribution in [0.4, 0.5) is 0 Å². The first kappa shape index (κ1) is 18.0. The van der Waals surface area contributed by atoms with Crippen LogP contribution in [0.25, 0.3) is 16.6 Å². The van der Waals surface area contributed by atoms with Gasteiger partial charge in [0.15, 0.2) is 0 Å². The Hall–Kier alpha value is -3.05. The largest absolute Gasteiger partial charge is 0.358 e. The van der Waals surface area contributed by atoms with Crippen LogP contribution < -0.4 is 0 Å². The van der Waals surface area contributed by atoms with Crippen LogP contribution in [0, 0.1) is 0 Å². The molecule has 146 valence electrons. The van der Waals surface area contributed by atoms with Gasteiger partial charge in [0, 0.05) is 41.4 Å². The highest BCUT2D eigenvalue weighted by Crippen LogP contribution is 2.30. The molecule has 1 aliphatic heterocycles. The number of carbonyl (C=O) groups excluding carboxylic acids is 1. The fraction of sp³-hybridized carbons (Fsp3) is 0.217. The SMILES string of the molecule is O=C(c1cnn(-c2ccc(Cl)cc2)c1)N1CCC(c2cc3ccccc3[nH]2)CC1. The number of carbonyl (C=O) groups is 1. The van der Waals surface area contributed by atoms with E-state index in [9.17, 15) is 4.79 Å². The zero-order valence-electron chi connectivity index (χ0n) is 15.9. The number of rotatable bonds is 3. The Kier molecular flexibility index (Phi) is 4.60. The van der Waals surface area contributed by atoms with Crippen molar-refractivity contribution in [3.05, 3.63) is 83.3 Å². The summed E-state index contributed by atoms with van der Waals surface area (Å²) in [5, 5.41) is 6.26. The van der Waals surface area contributed by atoms with Gasteiger partial charge in [-0.3, -0.25) is 4.79 Å². The highest BCUT2D eigenvalue weighted by molar-refractivity contribution is 6.30. The van der Waals surface area contributed by atoms with Gasteiger partial charge < -0.3 is 9.88 Å². The zero-order valence-corrected chi connectivity index (χ0v) is 16.6. The van der Waals surface area contributed by atoms with E-state index < -0.39 is 0 Å². The van der Waals surface area contributed by atoms with Crippen LogP contribution in [0.5, 0.6) is 0 Å². The molecular weight excluding hydrogens is 384 g/mol. The molecule has 1 aliphatic rings. The Morgan fingerprint density at radius 2 is 1.83 bits per heavy atom. The van der Waals surface area contributed by atoms with E-state index in [0.717, 1.165) is 31.6 Å². The lowest BCUT2D eigenvalue weighted by atomic mass is 9.93. The van der Waals surface area contributed by atoms with E-state index >= 15 is 0 Å². The average molecular weight is 405 g/mol. The van der Waals surface area contributed by atoms with Gasteiger partial charge in [-0.1, -0.05) is 29.8 Å². The maximum absolute atomic E-state index is 12.9. The number of nitrogens with one attached hydrogen (secondary N) is 1. The molecule has 5 rings (SSSR count). The number of nitrogens with zero attached hydrogens (tertiary/aromatic N) is 3. The van der Waals surface area contributed by atoms with Crippen molar-refractivity contribution in [3.8, 4) is 5.69 Å². The Labute approximate surface area is 173 Å². The van der Waals surface area contributed by atoms with Crippen LogP contribution in [-0.2, 0) is 0 Å². The molecule has 0 radical (unpaired) electrons. The smallest absolute Gasteiger partial charge is 0.257 e. The maximum atomic E-state index is 12.9. The van der Waals surface area contributed by atoms with Crippen LogP contribution in [-0.4, -0.2) is 38.7 Å².